The topological polar surface area (TPSA) is 111 Å². The van der Waals surface area contributed by atoms with Gasteiger partial charge in [0.1, 0.15) is 5.82 Å². The highest BCUT2D eigenvalue weighted by Gasteiger charge is 2.23. The highest BCUT2D eigenvalue weighted by molar-refractivity contribution is 6.34. The van der Waals surface area contributed by atoms with Crippen molar-refractivity contribution in [2.75, 3.05) is 18.5 Å². The normalized spacial score (nSPS) is 14.8. The second-order valence-electron chi connectivity index (χ2n) is 8.38. The van der Waals surface area contributed by atoms with Crippen molar-refractivity contribution in [2.45, 2.75) is 12.5 Å². The number of aliphatic imine (C=N–C) groups is 1. The second-order valence-corrected chi connectivity index (χ2v) is 8.79. The maximum Gasteiger partial charge on any atom is 0.272 e. The minimum atomic E-state index is -0.460. The summed E-state index contributed by atoms with van der Waals surface area (Å²) in [5.74, 6) is -0.0118. The van der Waals surface area contributed by atoms with Crippen molar-refractivity contribution in [1.82, 2.24) is 20.1 Å². The Balaban J connectivity index is 1.46. The number of ether oxygens (including phenoxy) is 1. The molecule has 0 radical (unpaired) electrons. The zero-order valence-electron chi connectivity index (χ0n) is 19.7. The summed E-state index contributed by atoms with van der Waals surface area (Å²) in [6.45, 7) is 4.58. The van der Waals surface area contributed by atoms with Crippen LogP contribution in [0.4, 0.5) is 11.6 Å². The molecule has 0 spiro atoms. The Kier molecular flexibility index (Phi) is 7.07. The van der Waals surface area contributed by atoms with Crippen LogP contribution in [0.5, 0.6) is 0 Å². The first-order valence-electron chi connectivity index (χ1n) is 11.6. The van der Waals surface area contributed by atoms with Gasteiger partial charge in [-0.1, -0.05) is 41.9 Å². The summed E-state index contributed by atoms with van der Waals surface area (Å²) in [7, 11) is 0. The lowest BCUT2D eigenvalue weighted by molar-refractivity contribution is 0.0923. The average Bonchev–Trinajstić information content (AvgIpc) is 3.59. The van der Waals surface area contributed by atoms with E-state index in [4.69, 9.17) is 16.3 Å². The molecule has 10 heteroatoms. The maximum absolute atomic E-state index is 13.4. The number of aromatic nitrogens is 3. The van der Waals surface area contributed by atoms with E-state index in [1.54, 1.807) is 24.3 Å². The molecule has 5 rings (SSSR count). The smallest absolute Gasteiger partial charge is 0.272 e. The lowest BCUT2D eigenvalue weighted by Gasteiger charge is -2.11. The van der Waals surface area contributed by atoms with E-state index in [1.807, 2.05) is 42.5 Å². The molecule has 3 heterocycles. The zero-order valence-corrected chi connectivity index (χ0v) is 20.5. The van der Waals surface area contributed by atoms with Gasteiger partial charge >= 0.3 is 0 Å². The van der Waals surface area contributed by atoms with Gasteiger partial charge in [0.15, 0.2) is 11.5 Å². The Morgan fingerprint density at radius 2 is 1.89 bits per heavy atom. The molecule has 0 bridgehead atoms. The van der Waals surface area contributed by atoms with Crippen LogP contribution in [-0.2, 0) is 4.74 Å². The molecule has 0 saturated carbocycles. The number of anilines is 1. The van der Waals surface area contributed by atoms with Gasteiger partial charge in [0, 0.05) is 18.2 Å². The van der Waals surface area contributed by atoms with Crippen LogP contribution in [0.15, 0.2) is 77.8 Å². The van der Waals surface area contributed by atoms with E-state index in [2.05, 4.69) is 32.4 Å². The molecule has 4 aromatic rings. The van der Waals surface area contributed by atoms with Gasteiger partial charge in [-0.2, -0.15) is 5.10 Å². The van der Waals surface area contributed by atoms with E-state index < -0.39 is 5.91 Å². The van der Waals surface area contributed by atoms with Crippen molar-refractivity contribution < 1.29 is 14.3 Å². The highest BCUT2D eigenvalue weighted by atomic mass is 35.5. The summed E-state index contributed by atoms with van der Waals surface area (Å²) < 4.78 is 6.85. The van der Waals surface area contributed by atoms with Gasteiger partial charge < -0.3 is 15.4 Å². The Hall–Kier alpha value is -4.34. The minimum absolute atomic E-state index is 0.0719. The Bertz CT molecular complexity index is 1460. The number of carbonyl (C=O) groups excluding carboxylic acids is 2. The molecule has 0 aliphatic carbocycles. The first-order chi connectivity index (χ1) is 18.0. The average molecular weight is 515 g/mol. The molecule has 1 unspecified atom stereocenters. The van der Waals surface area contributed by atoms with Gasteiger partial charge in [-0.25, -0.2) is 14.7 Å². The number of amides is 2. The second kappa shape index (κ2) is 10.7. The Morgan fingerprint density at radius 1 is 1.05 bits per heavy atom. The summed E-state index contributed by atoms with van der Waals surface area (Å²) in [6.07, 6.45) is 0.740. The fourth-order valence-corrected chi connectivity index (χ4v) is 4.17. The van der Waals surface area contributed by atoms with Crippen LogP contribution in [0.2, 0.25) is 5.02 Å². The fraction of sp³-hybridized carbons (Fsp3) is 0.148. The summed E-state index contributed by atoms with van der Waals surface area (Å²) in [4.78, 5) is 34.5. The molecule has 1 atom stereocenters. The molecule has 2 aromatic carbocycles. The molecule has 2 aromatic heterocycles. The SMILES string of the molecule is C=Nc1cccc(-c2ccc(Cl)c(C(=O)Nc3cc(C(=O)NC4CCOC4)nn3-c3ccccc3)c2)n1. The summed E-state index contributed by atoms with van der Waals surface area (Å²) in [5, 5.41) is 10.5. The predicted octanol–water partition coefficient (Wildman–Crippen LogP) is 4.69. The molecular formula is C27H23ClN6O3. The van der Waals surface area contributed by atoms with E-state index in [9.17, 15) is 9.59 Å². The van der Waals surface area contributed by atoms with E-state index >= 15 is 0 Å². The molecule has 9 nitrogen and oxygen atoms in total. The number of pyridine rings is 1. The van der Waals surface area contributed by atoms with Gasteiger partial charge in [-0.3, -0.25) is 9.59 Å². The number of hydrogen-bond donors (Lipinski definition) is 2. The van der Waals surface area contributed by atoms with Crippen LogP contribution >= 0.6 is 11.6 Å². The van der Waals surface area contributed by atoms with Crippen LogP contribution in [0.3, 0.4) is 0 Å². The van der Waals surface area contributed by atoms with Gasteiger partial charge in [-0.05, 0) is 49.5 Å². The quantitative estimate of drug-likeness (QED) is 0.348. The lowest BCUT2D eigenvalue weighted by Crippen LogP contribution is -2.35. The van der Waals surface area contributed by atoms with Crippen molar-refractivity contribution in [3.63, 3.8) is 0 Å². The summed E-state index contributed by atoms with van der Waals surface area (Å²) >= 11 is 6.40. The first-order valence-corrected chi connectivity index (χ1v) is 12.0. The van der Waals surface area contributed by atoms with E-state index in [1.165, 1.54) is 10.7 Å². The molecule has 186 valence electrons. The number of benzene rings is 2. The fourth-order valence-electron chi connectivity index (χ4n) is 3.97. The van der Waals surface area contributed by atoms with Crippen molar-refractivity contribution in [3.8, 4) is 16.9 Å². The van der Waals surface area contributed by atoms with Crippen LogP contribution in [0, 0.1) is 0 Å². The van der Waals surface area contributed by atoms with Crippen LogP contribution in [0.1, 0.15) is 27.3 Å². The molecule has 1 aliphatic heterocycles. The van der Waals surface area contributed by atoms with Gasteiger partial charge in [-0.15, -0.1) is 0 Å². The van der Waals surface area contributed by atoms with Crippen LogP contribution in [-0.4, -0.2) is 52.6 Å². The van der Waals surface area contributed by atoms with Gasteiger partial charge in [0.2, 0.25) is 0 Å². The van der Waals surface area contributed by atoms with Crippen LogP contribution in [0.25, 0.3) is 16.9 Å². The number of hydrogen-bond acceptors (Lipinski definition) is 6. The molecule has 1 fully saturated rings. The van der Waals surface area contributed by atoms with Gasteiger partial charge in [0.05, 0.1) is 34.6 Å². The molecular weight excluding hydrogens is 492 g/mol. The number of nitrogens with zero attached hydrogens (tertiary/aromatic N) is 4. The van der Waals surface area contributed by atoms with Crippen molar-refractivity contribution >= 4 is 41.8 Å². The van der Waals surface area contributed by atoms with E-state index in [0.717, 1.165) is 6.42 Å². The number of para-hydroxylation sites is 1. The Labute approximate surface area is 218 Å². The number of carbonyl (C=O) groups is 2. The van der Waals surface area contributed by atoms with E-state index in [0.29, 0.717) is 41.8 Å². The third-order valence-electron chi connectivity index (χ3n) is 5.85. The monoisotopic (exact) mass is 514 g/mol. The highest BCUT2D eigenvalue weighted by Crippen LogP contribution is 2.27. The van der Waals surface area contributed by atoms with Crippen molar-refractivity contribution in [2.24, 2.45) is 4.99 Å². The van der Waals surface area contributed by atoms with Crippen molar-refractivity contribution in [3.05, 3.63) is 89.1 Å². The maximum atomic E-state index is 13.4. The number of rotatable bonds is 7. The third kappa shape index (κ3) is 5.42. The molecule has 1 aliphatic rings. The number of nitrogens with one attached hydrogen (secondary N) is 2. The molecule has 1 saturated heterocycles. The molecule has 2 amide bonds. The number of halogens is 1. The summed E-state index contributed by atoms with van der Waals surface area (Å²) in [5.41, 5.74) is 2.41. The standard InChI is InChI=1S/C27H23ClN6O3/c1-29-24-9-5-8-22(31-24)17-10-11-21(28)20(14-17)26(35)32-25-15-23(27(36)30-18-12-13-37-16-18)33-34(25)19-6-3-2-4-7-19/h2-11,14-15,18H,1,12-13,16H2,(H,30,36)(H,32,35). The lowest BCUT2D eigenvalue weighted by atomic mass is 10.1. The van der Waals surface area contributed by atoms with Crippen LogP contribution < -0.4 is 10.6 Å². The van der Waals surface area contributed by atoms with Gasteiger partial charge in [0.25, 0.3) is 11.8 Å². The summed E-state index contributed by atoms with van der Waals surface area (Å²) in [6, 6.07) is 21.1. The minimum Gasteiger partial charge on any atom is -0.379 e. The first kappa shape index (κ1) is 24.4. The molecule has 37 heavy (non-hydrogen) atoms. The zero-order chi connectivity index (χ0) is 25.8. The predicted molar refractivity (Wildman–Crippen MR) is 142 cm³/mol. The third-order valence-corrected chi connectivity index (χ3v) is 6.18. The van der Waals surface area contributed by atoms with E-state index in [-0.39, 0.29) is 28.2 Å². The molecule has 2 N–H and O–H groups in total. The largest absolute Gasteiger partial charge is 0.379 e. The Morgan fingerprint density at radius 3 is 2.65 bits per heavy atom. The van der Waals surface area contributed by atoms with Crippen molar-refractivity contribution in [1.29, 1.82) is 0 Å².